The Morgan fingerprint density at radius 3 is 2.67 bits per heavy atom. The number of amides is 1. The summed E-state index contributed by atoms with van der Waals surface area (Å²) in [7, 11) is 0. The van der Waals surface area contributed by atoms with Crippen molar-refractivity contribution in [2.75, 3.05) is 26.2 Å². The Hall–Kier alpha value is -2.31. The first-order chi connectivity index (χ1) is 14.4. The molecule has 1 aliphatic heterocycles. The number of hydrogen-bond donors (Lipinski definition) is 1. The molecule has 1 aromatic carbocycles. The number of piperidine rings is 1. The van der Waals surface area contributed by atoms with E-state index in [0.29, 0.717) is 24.7 Å². The zero-order valence-corrected chi connectivity index (χ0v) is 18.7. The molecule has 1 fully saturated rings. The van der Waals surface area contributed by atoms with Gasteiger partial charge < -0.3 is 14.6 Å². The highest BCUT2D eigenvalue weighted by Crippen LogP contribution is 2.23. The van der Waals surface area contributed by atoms with E-state index in [0.717, 1.165) is 48.4 Å². The smallest absolute Gasteiger partial charge is 0.407 e. The van der Waals surface area contributed by atoms with Gasteiger partial charge in [0, 0.05) is 40.8 Å². The van der Waals surface area contributed by atoms with E-state index in [1.54, 1.807) is 0 Å². The topological polar surface area (TPSA) is 63.6 Å². The molecule has 1 N–H and O–H groups in total. The summed E-state index contributed by atoms with van der Waals surface area (Å²) in [6.45, 7) is 8.31. The van der Waals surface area contributed by atoms with Crippen LogP contribution in [-0.4, -0.2) is 53.6 Å². The number of aromatic nitrogens is 1. The molecule has 6 nitrogen and oxygen atoms in total. The van der Waals surface area contributed by atoms with Crippen LogP contribution in [0.4, 0.5) is 4.79 Å². The zero-order valence-electron chi connectivity index (χ0n) is 17.9. The van der Waals surface area contributed by atoms with E-state index in [9.17, 15) is 9.59 Å². The van der Waals surface area contributed by atoms with Crippen LogP contribution in [0.1, 0.15) is 47.9 Å². The molecule has 1 saturated heterocycles. The third-order valence-electron chi connectivity index (χ3n) is 5.44. The average molecular weight is 432 g/mol. The number of ether oxygens (including phenoxy) is 1. The maximum atomic E-state index is 13.1. The maximum absolute atomic E-state index is 13.1. The highest BCUT2D eigenvalue weighted by atomic mass is 35.5. The summed E-state index contributed by atoms with van der Waals surface area (Å²) in [6.07, 6.45) is 2.05. The molecule has 0 radical (unpaired) electrons. The number of nitrogens with zero attached hydrogens (tertiary/aromatic N) is 2. The van der Waals surface area contributed by atoms with Crippen molar-refractivity contribution in [3.05, 3.63) is 52.3 Å². The predicted octanol–water partition coefficient (Wildman–Crippen LogP) is 4.53. The van der Waals surface area contributed by atoms with Crippen molar-refractivity contribution in [2.24, 2.45) is 0 Å². The van der Waals surface area contributed by atoms with Gasteiger partial charge in [0.1, 0.15) is 6.10 Å². The van der Waals surface area contributed by atoms with Crippen LogP contribution in [0.3, 0.4) is 0 Å². The molecule has 0 saturated carbocycles. The van der Waals surface area contributed by atoms with Crippen molar-refractivity contribution in [2.45, 2.75) is 46.1 Å². The minimum Gasteiger partial charge on any atom is -0.445 e. The summed E-state index contributed by atoms with van der Waals surface area (Å²) in [6, 6.07) is 9.55. The molecule has 3 rings (SSSR count). The number of halogens is 1. The lowest BCUT2D eigenvalue weighted by molar-refractivity contribution is 0.0417. The van der Waals surface area contributed by atoms with Gasteiger partial charge in [-0.2, -0.15) is 0 Å². The van der Waals surface area contributed by atoms with Crippen molar-refractivity contribution in [1.82, 2.24) is 14.8 Å². The first-order valence-electron chi connectivity index (χ1n) is 10.5. The van der Waals surface area contributed by atoms with Crippen LogP contribution in [-0.2, 0) is 4.74 Å². The maximum Gasteiger partial charge on any atom is 0.407 e. The quantitative estimate of drug-likeness (QED) is 0.654. The highest BCUT2D eigenvalue weighted by Gasteiger charge is 2.26. The van der Waals surface area contributed by atoms with Gasteiger partial charge in [-0.3, -0.25) is 9.69 Å². The fourth-order valence-corrected chi connectivity index (χ4v) is 4.12. The predicted molar refractivity (Wildman–Crippen MR) is 119 cm³/mol. The van der Waals surface area contributed by atoms with Crippen molar-refractivity contribution in [3.63, 3.8) is 0 Å². The van der Waals surface area contributed by atoms with Crippen LogP contribution < -0.4 is 5.32 Å². The fourth-order valence-electron chi connectivity index (χ4n) is 3.99. The van der Waals surface area contributed by atoms with Gasteiger partial charge in [0.2, 0.25) is 0 Å². The van der Waals surface area contributed by atoms with Crippen LogP contribution in [0.5, 0.6) is 0 Å². The number of aryl methyl sites for hydroxylation is 1. The van der Waals surface area contributed by atoms with Crippen LogP contribution in [0, 0.1) is 13.8 Å². The first-order valence-corrected chi connectivity index (χ1v) is 10.9. The summed E-state index contributed by atoms with van der Waals surface area (Å²) >= 11 is 6.01. The minimum atomic E-state index is -0.374. The molecule has 1 atom stereocenters. The highest BCUT2D eigenvalue weighted by molar-refractivity contribution is 6.30. The molecular formula is C23H30ClN3O3. The number of benzene rings is 1. The van der Waals surface area contributed by atoms with Gasteiger partial charge >= 0.3 is 6.09 Å². The Bertz CT molecular complexity index is 892. The molecule has 162 valence electrons. The van der Waals surface area contributed by atoms with E-state index in [1.807, 2.05) is 51.1 Å². The standard InChI is InChI=1S/C23H30ClN3O3/c1-4-11-25-23(29)30-20-6-5-12-26(14-20)15-22(28)21-13-16(2)27(17(21)3)19-9-7-18(24)8-10-19/h7-10,13,20H,4-6,11-12,14-15H2,1-3H3,(H,25,29). The van der Waals surface area contributed by atoms with E-state index >= 15 is 0 Å². The van der Waals surface area contributed by atoms with Gasteiger partial charge in [-0.1, -0.05) is 18.5 Å². The molecule has 0 aliphatic carbocycles. The third kappa shape index (κ3) is 5.43. The number of alkyl carbamates (subject to hydrolysis) is 1. The van der Waals surface area contributed by atoms with Crippen LogP contribution in [0.2, 0.25) is 5.02 Å². The number of rotatable bonds is 7. The number of nitrogens with one attached hydrogen (secondary N) is 1. The van der Waals surface area contributed by atoms with E-state index < -0.39 is 0 Å². The summed E-state index contributed by atoms with van der Waals surface area (Å²) in [5.74, 6) is 0.0828. The van der Waals surface area contributed by atoms with E-state index in [1.165, 1.54) is 0 Å². The Balaban J connectivity index is 1.65. The second-order valence-corrected chi connectivity index (χ2v) is 8.29. The largest absolute Gasteiger partial charge is 0.445 e. The molecular weight excluding hydrogens is 402 g/mol. The second-order valence-electron chi connectivity index (χ2n) is 7.85. The lowest BCUT2D eigenvalue weighted by atomic mass is 10.1. The van der Waals surface area contributed by atoms with Gasteiger partial charge in [0.05, 0.1) is 6.54 Å². The summed E-state index contributed by atoms with van der Waals surface area (Å²) < 4.78 is 7.58. The number of ketones is 1. The lowest BCUT2D eigenvalue weighted by Crippen LogP contribution is -2.44. The van der Waals surface area contributed by atoms with Gasteiger partial charge in [0.25, 0.3) is 0 Å². The number of likely N-dealkylation sites (tertiary alicyclic amines) is 1. The summed E-state index contributed by atoms with van der Waals surface area (Å²) in [4.78, 5) is 27.0. The average Bonchev–Trinajstić information content (AvgIpc) is 3.01. The van der Waals surface area contributed by atoms with Crippen LogP contribution in [0.25, 0.3) is 5.69 Å². The number of carbonyl (C=O) groups is 2. The molecule has 1 unspecified atom stereocenters. The molecule has 2 heterocycles. The Labute approximate surface area is 183 Å². The lowest BCUT2D eigenvalue weighted by Gasteiger charge is -2.31. The summed E-state index contributed by atoms with van der Waals surface area (Å²) in [5, 5.41) is 3.42. The van der Waals surface area contributed by atoms with Crippen LogP contribution >= 0.6 is 11.6 Å². The van der Waals surface area contributed by atoms with Gasteiger partial charge in [-0.25, -0.2) is 4.79 Å². The van der Waals surface area contributed by atoms with Crippen molar-refractivity contribution >= 4 is 23.5 Å². The molecule has 1 aromatic heterocycles. The Morgan fingerprint density at radius 2 is 1.97 bits per heavy atom. The minimum absolute atomic E-state index is 0.0828. The summed E-state index contributed by atoms with van der Waals surface area (Å²) in [5.41, 5.74) is 3.64. The first kappa shape index (κ1) is 22.4. The Kier molecular flexibility index (Phi) is 7.56. The molecule has 7 heteroatoms. The molecule has 2 aromatic rings. The number of Topliss-reactive ketones (excluding diaryl/α,β-unsaturated/α-hetero) is 1. The molecule has 1 amide bonds. The molecule has 0 bridgehead atoms. The zero-order chi connectivity index (χ0) is 21.7. The second kappa shape index (κ2) is 10.1. The van der Waals surface area contributed by atoms with Gasteiger partial charge in [-0.15, -0.1) is 0 Å². The van der Waals surface area contributed by atoms with E-state index in [-0.39, 0.29) is 18.0 Å². The van der Waals surface area contributed by atoms with E-state index in [4.69, 9.17) is 16.3 Å². The van der Waals surface area contributed by atoms with Crippen LogP contribution in [0.15, 0.2) is 30.3 Å². The molecule has 0 spiro atoms. The molecule has 30 heavy (non-hydrogen) atoms. The van der Waals surface area contributed by atoms with Crippen molar-refractivity contribution in [3.8, 4) is 5.69 Å². The fraction of sp³-hybridized carbons (Fsp3) is 0.478. The Morgan fingerprint density at radius 1 is 1.23 bits per heavy atom. The SMILES string of the molecule is CCCNC(=O)OC1CCCN(CC(=O)c2cc(C)n(-c3ccc(Cl)cc3)c2C)C1. The monoisotopic (exact) mass is 431 g/mol. The molecule has 1 aliphatic rings. The van der Waals surface area contributed by atoms with Crippen molar-refractivity contribution in [1.29, 1.82) is 0 Å². The van der Waals surface area contributed by atoms with E-state index in [2.05, 4.69) is 14.8 Å². The van der Waals surface area contributed by atoms with Gasteiger partial charge in [-0.05, 0) is 70.0 Å². The number of carbonyl (C=O) groups excluding carboxylic acids is 2. The van der Waals surface area contributed by atoms with Gasteiger partial charge in [0.15, 0.2) is 5.78 Å². The normalized spacial score (nSPS) is 17.0. The third-order valence-corrected chi connectivity index (χ3v) is 5.69. The van der Waals surface area contributed by atoms with Crippen molar-refractivity contribution < 1.29 is 14.3 Å². The number of hydrogen-bond acceptors (Lipinski definition) is 4.